The van der Waals surface area contributed by atoms with E-state index in [-0.39, 0.29) is 11.6 Å². The molecule has 0 bridgehead atoms. The lowest BCUT2D eigenvalue weighted by Crippen LogP contribution is -2.30. The zero-order valence-electron chi connectivity index (χ0n) is 25.5. The van der Waals surface area contributed by atoms with Gasteiger partial charge in [0.15, 0.2) is 33.1 Å². The van der Waals surface area contributed by atoms with Crippen LogP contribution >= 0.6 is 0 Å². The number of methoxy groups -OCH3 is 4. The number of aromatic nitrogens is 6. The van der Waals surface area contributed by atoms with E-state index in [1.807, 2.05) is 13.0 Å². The molecule has 1 N–H and O–H groups in total. The van der Waals surface area contributed by atoms with Gasteiger partial charge >= 0.3 is 12.1 Å². The third kappa shape index (κ3) is 8.25. The number of hydrogen-bond acceptors (Lipinski definition) is 12. The van der Waals surface area contributed by atoms with Crippen LogP contribution in [0.2, 0.25) is 0 Å². The maximum atomic E-state index is 13.8. The maximum absolute atomic E-state index is 13.8. The molecule has 18 heteroatoms. The van der Waals surface area contributed by atoms with E-state index in [2.05, 4.69) is 25.1 Å². The van der Waals surface area contributed by atoms with Crippen LogP contribution in [0.15, 0.2) is 49.1 Å². The van der Waals surface area contributed by atoms with Crippen LogP contribution in [0, 0.1) is 6.92 Å². The molecule has 0 fully saturated rings. The van der Waals surface area contributed by atoms with Crippen molar-refractivity contribution in [1.82, 2.24) is 29.7 Å². The summed E-state index contributed by atoms with van der Waals surface area (Å²) >= 11 is 0. The minimum Gasteiger partial charge on any atom is -0.494 e. The van der Waals surface area contributed by atoms with Crippen molar-refractivity contribution in [2.24, 2.45) is 0 Å². The lowest BCUT2D eigenvalue weighted by molar-refractivity contribution is -0.192. The van der Waals surface area contributed by atoms with Gasteiger partial charge in [0.1, 0.15) is 29.0 Å². The van der Waals surface area contributed by atoms with E-state index < -0.39 is 39.1 Å². The van der Waals surface area contributed by atoms with E-state index in [4.69, 9.17) is 28.8 Å². The number of hydrogen-bond donors (Lipinski definition) is 1. The minimum absolute atomic E-state index is 0.159. The molecule has 1 aromatic carbocycles. The van der Waals surface area contributed by atoms with Crippen LogP contribution in [0.25, 0.3) is 17.1 Å². The zero-order valence-corrected chi connectivity index (χ0v) is 26.3. The second-order valence-electron chi connectivity index (χ2n) is 9.49. The average Bonchev–Trinajstić information content (AvgIpc) is 3.43. The fourth-order valence-corrected chi connectivity index (χ4v) is 5.57. The molecule has 0 unspecified atom stereocenters. The zero-order chi connectivity index (χ0) is 34.2. The van der Waals surface area contributed by atoms with Gasteiger partial charge in [-0.05, 0) is 37.6 Å². The van der Waals surface area contributed by atoms with Crippen LogP contribution in [0.1, 0.15) is 30.2 Å². The summed E-state index contributed by atoms with van der Waals surface area (Å²) in [5.41, 5.74) is 2.01. The van der Waals surface area contributed by atoms with Gasteiger partial charge in [0.2, 0.25) is 0 Å². The van der Waals surface area contributed by atoms with Crippen LogP contribution < -0.4 is 14.2 Å². The molecule has 0 amide bonds. The molecule has 0 saturated carbocycles. The number of nitrogens with zero attached hydrogens (tertiary/aromatic N) is 6. The molecule has 0 aliphatic carbocycles. The Morgan fingerprint density at radius 3 is 2.04 bits per heavy atom. The number of rotatable bonds is 11. The highest BCUT2D eigenvalue weighted by Crippen LogP contribution is 2.37. The predicted molar refractivity (Wildman–Crippen MR) is 157 cm³/mol. The highest BCUT2D eigenvalue weighted by Gasteiger charge is 2.38. The molecule has 4 rings (SSSR count). The first kappa shape index (κ1) is 35.6. The molecule has 0 spiro atoms. The van der Waals surface area contributed by atoms with Crippen molar-refractivity contribution in [2.75, 3.05) is 28.4 Å². The van der Waals surface area contributed by atoms with Gasteiger partial charge in [-0.15, -0.1) is 10.2 Å². The minimum atomic E-state index is -5.08. The monoisotopic (exact) mass is 668 g/mol. The number of carboxylic acid groups (broad SMARTS) is 1. The van der Waals surface area contributed by atoms with Crippen molar-refractivity contribution in [3.8, 4) is 34.3 Å². The second-order valence-corrected chi connectivity index (χ2v) is 11.8. The Kier molecular flexibility index (Phi) is 11.6. The molecule has 4 aromatic rings. The summed E-state index contributed by atoms with van der Waals surface area (Å²) in [4.78, 5) is 21.6. The second kappa shape index (κ2) is 15.0. The third-order valence-electron chi connectivity index (χ3n) is 6.45. The summed E-state index contributed by atoms with van der Waals surface area (Å²) in [6.07, 6.45) is 0.255. The normalized spacial score (nSPS) is 12.8. The van der Waals surface area contributed by atoms with Crippen LogP contribution in [0.5, 0.6) is 17.2 Å². The summed E-state index contributed by atoms with van der Waals surface area (Å²) in [5.74, 6) is -1.12. The number of alkyl halides is 3. The van der Waals surface area contributed by atoms with E-state index in [0.717, 1.165) is 5.56 Å². The van der Waals surface area contributed by atoms with Crippen LogP contribution in [0.3, 0.4) is 0 Å². The molecule has 3 heterocycles. The Balaban J connectivity index is 0.000000738. The Labute approximate surface area is 262 Å². The molecule has 248 valence electrons. The van der Waals surface area contributed by atoms with Gasteiger partial charge in [-0.2, -0.15) is 13.2 Å². The van der Waals surface area contributed by atoms with E-state index in [0.29, 0.717) is 34.3 Å². The van der Waals surface area contributed by atoms with E-state index in [9.17, 15) is 21.6 Å². The Hall–Kier alpha value is -4.84. The van der Waals surface area contributed by atoms with Gasteiger partial charge in [0.05, 0.1) is 39.0 Å². The highest BCUT2D eigenvalue weighted by atomic mass is 32.2. The lowest BCUT2D eigenvalue weighted by Gasteiger charge is -2.22. The fraction of sp³-hybridized carbons (Fsp3) is 0.357. The summed E-state index contributed by atoms with van der Waals surface area (Å²) in [5, 5.41) is 14.8. The topological polar surface area (TPSA) is 178 Å². The number of aliphatic carboxylic acids is 1. The Morgan fingerprint density at radius 2 is 1.57 bits per heavy atom. The SMILES string of the molecule is COc1cnc([C@@H](OC)[C@@H](C)S(=O)(=O)Cc2nnc(-c3cncc(C)c3)n2-c2c(OC)cccc2OC)nc1.O=C(O)C(F)(F)F. The Bertz CT molecular complexity index is 1730. The summed E-state index contributed by atoms with van der Waals surface area (Å²) in [7, 11) is 2.06. The lowest BCUT2D eigenvalue weighted by atomic mass is 10.2. The largest absolute Gasteiger partial charge is 0.494 e. The number of benzene rings is 1. The number of ether oxygens (including phenoxy) is 4. The molecule has 46 heavy (non-hydrogen) atoms. The Morgan fingerprint density at radius 1 is 0.978 bits per heavy atom. The number of sulfone groups is 1. The summed E-state index contributed by atoms with van der Waals surface area (Å²) in [6, 6.07) is 7.16. The summed E-state index contributed by atoms with van der Waals surface area (Å²) < 4.78 is 82.8. The van der Waals surface area contributed by atoms with E-state index in [1.54, 1.807) is 42.1 Å². The number of para-hydroxylation sites is 1. The van der Waals surface area contributed by atoms with Gasteiger partial charge in [-0.1, -0.05) is 6.07 Å². The molecule has 0 aliphatic rings. The van der Waals surface area contributed by atoms with Crippen molar-refractivity contribution in [3.63, 3.8) is 0 Å². The van der Waals surface area contributed by atoms with E-state index in [1.165, 1.54) is 40.8 Å². The van der Waals surface area contributed by atoms with Crippen molar-refractivity contribution in [3.05, 3.63) is 66.3 Å². The maximum Gasteiger partial charge on any atom is 0.490 e. The van der Waals surface area contributed by atoms with Crippen LogP contribution in [-0.2, 0) is 25.1 Å². The van der Waals surface area contributed by atoms with Crippen molar-refractivity contribution >= 4 is 15.8 Å². The molecule has 0 aliphatic heterocycles. The van der Waals surface area contributed by atoms with Crippen molar-refractivity contribution < 1.29 is 50.4 Å². The average molecular weight is 669 g/mol. The number of halogens is 3. The quantitative estimate of drug-likeness (QED) is 0.244. The number of carboxylic acids is 1. The first-order valence-electron chi connectivity index (χ1n) is 13.2. The van der Waals surface area contributed by atoms with Gasteiger partial charge < -0.3 is 24.1 Å². The molecule has 3 aromatic heterocycles. The smallest absolute Gasteiger partial charge is 0.490 e. The third-order valence-corrected chi connectivity index (χ3v) is 8.49. The molecule has 0 saturated heterocycles. The number of carbonyl (C=O) groups is 1. The number of aryl methyl sites for hydroxylation is 1. The standard InChI is InChI=1S/C26H30N6O6S.C2HF3O2/c1-16-10-18(12-27-11-16)26-31-30-22(32(26)23-20(36-4)8-7-9-21(23)37-5)15-39(33,34)17(2)24(38-6)25-28-13-19(35-3)14-29-25;3-2(4,5)1(6)7/h7-14,17,24H,15H2,1-6H3;(H,6,7)/t17-,24+;/m1./s1. The highest BCUT2D eigenvalue weighted by molar-refractivity contribution is 7.91. The molecule has 0 radical (unpaired) electrons. The van der Waals surface area contributed by atoms with Gasteiger partial charge in [0, 0.05) is 25.1 Å². The van der Waals surface area contributed by atoms with Crippen LogP contribution in [-0.4, -0.2) is 89.1 Å². The van der Waals surface area contributed by atoms with Crippen molar-refractivity contribution in [2.45, 2.75) is 37.1 Å². The molecular weight excluding hydrogens is 637 g/mol. The van der Waals surface area contributed by atoms with E-state index >= 15 is 0 Å². The number of pyridine rings is 1. The van der Waals surface area contributed by atoms with Crippen molar-refractivity contribution in [1.29, 1.82) is 0 Å². The molecule has 14 nitrogen and oxygen atoms in total. The summed E-state index contributed by atoms with van der Waals surface area (Å²) in [6.45, 7) is 3.45. The van der Waals surface area contributed by atoms with Gasteiger partial charge in [0.25, 0.3) is 0 Å². The molecule has 2 atom stereocenters. The molecular formula is C28H31F3N6O8S. The first-order chi connectivity index (χ1) is 21.7. The fourth-order valence-electron chi connectivity index (χ4n) is 4.15. The van der Waals surface area contributed by atoms with Gasteiger partial charge in [-0.3, -0.25) is 9.55 Å². The van der Waals surface area contributed by atoms with Crippen LogP contribution in [0.4, 0.5) is 13.2 Å². The van der Waals surface area contributed by atoms with Gasteiger partial charge in [-0.25, -0.2) is 23.2 Å². The first-order valence-corrected chi connectivity index (χ1v) is 14.9. The predicted octanol–water partition coefficient (Wildman–Crippen LogP) is 3.78.